The molecule has 4 nitrogen and oxygen atoms in total. The minimum Gasteiger partial charge on any atom is -0.437 e. The summed E-state index contributed by atoms with van der Waals surface area (Å²) in [5, 5.41) is 1.21. The predicted molar refractivity (Wildman–Crippen MR) is 122 cm³/mol. The number of nitrogens with zero attached hydrogens (tertiary/aromatic N) is 3. The summed E-state index contributed by atoms with van der Waals surface area (Å²) in [6.07, 6.45) is -2.98. The van der Waals surface area contributed by atoms with E-state index in [1.54, 1.807) is 42.2 Å². The standard InChI is InChI=1S/C26H21F5N3O/c1-13-5-7-16-21-17(27)10-19(28)33-24(21)35-23(16)20(13)22-15-8-6-14(9-18(15)32-12-34(22)4)11-25(2,3)26(29,30)31/h5-10,12H,11H2,1-4H3/q+1. The van der Waals surface area contributed by atoms with Crippen LogP contribution in [0.25, 0.3) is 44.2 Å². The molecule has 0 amide bonds. The van der Waals surface area contributed by atoms with Crippen LogP contribution in [0, 0.1) is 24.1 Å². The molecule has 0 radical (unpaired) electrons. The van der Waals surface area contributed by atoms with E-state index in [9.17, 15) is 22.0 Å². The molecule has 9 heteroatoms. The van der Waals surface area contributed by atoms with E-state index in [2.05, 4.69) is 9.97 Å². The van der Waals surface area contributed by atoms with Crippen LogP contribution in [0.5, 0.6) is 0 Å². The van der Waals surface area contributed by atoms with E-state index in [1.165, 1.54) is 13.8 Å². The van der Waals surface area contributed by atoms with Crippen molar-refractivity contribution in [3.05, 3.63) is 65.6 Å². The Morgan fingerprint density at radius 3 is 2.43 bits per heavy atom. The van der Waals surface area contributed by atoms with E-state index in [-0.39, 0.29) is 17.5 Å². The topological polar surface area (TPSA) is 42.8 Å². The molecular weight excluding hydrogens is 465 g/mol. The van der Waals surface area contributed by atoms with E-state index in [0.29, 0.717) is 44.8 Å². The first-order valence-electron chi connectivity index (χ1n) is 10.9. The van der Waals surface area contributed by atoms with Gasteiger partial charge in [-0.25, -0.2) is 8.96 Å². The van der Waals surface area contributed by atoms with Gasteiger partial charge < -0.3 is 4.42 Å². The first-order chi connectivity index (χ1) is 16.4. The fourth-order valence-corrected chi connectivity index (χ4v) is 4.47. The zero-order valence-electron chi connectivity index (χ0n) is 19.4. The van der Waals surface area contributed by atoms with Gasteiger partial charge in [0.15, 0.2) is 5.52 Å². The maximum atomic E-state index is 14.6. The molecule has 0 aliphatic rings. The molecule has 0 aliphatic heterocycles. The van der Waals surface area contributed by atoms with Gasteiger partial charge in [0.2, 0.25) is 11.7 Å². The fourth-order valence-electron chi connectivity index (χ4n) is 4.47. The lowest BCUT2D eigenvalue weighted by molar-refractivity contribution is -0.662. The van der Waals surface area contributed by atoms with Gasteiger partial charge in [0.25, 0.3) is 6.33 Å². The van der Waals surface area contributed by atoms with Crippen molar-refractivity contribution in [2.45, 2.75) is 33.4 Å². The highest BCUT2D eigenvalue weighted by Gasteiger charge is 2.47. The van der Waals surface area contributed by atoms with Gasteiger partial charge in [0.1, 0.15) is 17.1 Å². The number of fused-ring (bicyclic) bond motifs is 4. The van der Waals surface area contributed by atoms with E-state index < -0.39 is 23.4 Å². The molecule has 0 atom stereocenters. The van der Waals surface area contributed by atoms with E-state index in [0.717, 1.165) is 5.56 Å². The molecule has 5 rings (SSSR count). The third kappa shape index (κ3) is 3.69. The van der Waals surface area contributed by atoms with Crippen molar-refractivity contribution in [2.75, 3.05) is 0 Å². The number of furan rings is 1. The van der Waals surface area contributed by atoms with Crippen LogP contribution in [0.3, 0.4) is 0 Å². The number of pyridine rings is 1. The van der Waals surface area contributed by atoms with Crippen molar-refractivity contribution in [1.82, 2.24) is 9.97 Å². The summed E-state index contributed by atoms with van der Waals surface area (Å²) in [6, 6.07) is 9.26. The molecule has 5 aromatic rings. The Bertz CT molecular complexity index is 1640. The molecule has 0 unspecified atom stereocenters. The lowest BCUT2D eigenvalue weighted by Crippen LogP contribution is -2.34. The summed E-state index contributed by atoms with van der Waals surface area (Å²) in [5.74, 6) is -1.76. The number of hydrogen-bond donors (Lipinski definition) is 0. The Hall–Kier alpha value is -3.62. The van der Waals surface area contributed by atoms with Gasteiger partial charge in [0, 0.05) is 11.5 Å². The van der Waals surface area contributed by atoms with Crippen molar-refractivity contribution in [1.29, 1.82) is 0 Å². The van der Waals surface area contributed by atoms with Crippen LogP contribution in [-0.2, 0) is 13.5 Å². The number of rotatable bonds is 3. The highest BCUT2D eigenvalue weighted by molar-refractivity contribution is 6.11. The third-order valence-electron chi connectivity index (χ3n) is 6.43. The number of hydrogen-bond acceptors (Lipinski definition) is 3. The minimum atomic E-state index is -4.35. The Balaban J connectivity index is 1.75. The summed E-state index contributed by atoms with van der Waals surface area (Å²) in [5.41, 5.74) is 1.43. The second kappa shape index (κ2) is 7.69. The lowest BCUT2D eigenvalue weighted by Gasteiger charge is -2.27. The van der Waals surface area contributed by atoms with Crippen molar-refractivity contribution < 1.29 is 30.9 Å². The molecule has 3 heterocycles. The van der Waals surface area contributed by atoms with Crippen LogP contribution in [-0.4, -0.2) is 16.1 Å². The second-order valence-electron chi connectivity index (χ2n) is 9.46. The lowest BCUT2D eigenvalue weighted by atomic mass is 9.84. The quantitative estimate of drug-likeness (QED) is 0.161. The number of aromatic nitrogens is 3. The van der Waals surface area contributed by atoms with Crippen LogP contribution in [0.2, 0.25) is 0 Å². The van der Waals surface area contributed by atoms with Crippen LogP contribution in [0.1, 0.15) is 25.0 Å². The number of halogens is 5. The molecule has 180 valence electrons. The molecule has 0 aliphatic carbocycles. The Labute approximate surface area is 197 Å². The Morgan fingerprint density at radius 2 is 1.71 bits per heavy atom. The first kappa shape index (κ1) is 23.1. The fraction of sp³-hybridized carbons (Fsp3) is 0.269. The molecule has 3 aromatic heterocycles. The average molecular weight is 486 g/mol. The molecule has 2 aromatic carbocycles. The van der Waals surface area contributed by atoms with Crippen LogP contribution in [0.15, 0.2) is 47.1 Å². The van der Waals surface area contributed by atoms with Crippen LogP contribution in [0.4, 0.5) is 22.0 Å². The largest absolute Gasteiger partial charge is 0.437 e. The normalized spacial score (nSPS) is 12.8. The smallest absolute Gasteiger partial charge is 0.394 e. The van der Waals surface area contributed by atoms with Crippen LogP contribution >= 0.6 is 0 Å². The molecule has 0 N–H and O–H groups in total. The minimum absolute atomic E-state index is 0.0836. The predicted octanol–water partition coefficient (Wildman–Crippen LogP) is 6.74. The van der Waals surface area contributed by atoms with E-state index in [1.807, 2.05) is 13.0 Å². The van der Waals surface area contributed by atoms with Crippen LogP contribution < -0.4 is 4.57 Å². The maximum absolute atomic E-state index is 14.6. The van der Waals surface area contributed by atoms with Crippen molar-refractivity contribution in [2.24, 2.45) is 12.5 Å². The molecule has 0 fully saturated rings. The second-order valence-corrected chi connectivity index (χ2v) is 9.46. The van der Waals surface area contributed by atoms with Gasteiger partial charge >= 0.3 is 6.18 Å². The summed E-state index contributed by atoms with van der Waals surface area (Å²) in [7, 11) is 1.78. The number of aryl methyl sites for hydroxylation is 2. The summed E-state index contributed by atoms with van der Waals surface area (Å²) < 4.78 is 76.2. The summed E-state index contributed by atoms with van der Waals surface area (Å²) in [4.78, 5) is 8.13. The Morgan fingerprint density at radius 1 is 1.00 bits per heavy atom. The zero-order chi connectivity index (χ0) is 25.3. The molecular formula is C26H21F5N3O+. The molecule has 0 bridgehead atoms. The average Bonchev–Trinajstić information content (AvgIpc) is 3.12. The maximum Gasteiger partial charge on any atom is 0.394 e. The summed E-state index contributed by atoms with van der Waals surface area (Å²) >= 11 is 0. The van der Waals surface area contributed by atoms with Crippen molar-refractivity contribution >= 4 is 33.0 Å². The summed E-state index contributed by atoms with van der Waals surface area (Å²) in [6.45, 7) is 4.20. The molecule has 0 spiro atoms. The zero-order valence-corrected chi connectivity index (χ0v) is 19.4. The van der Waals surface area contributed by atoms with Gasteiger partial charge in [-0.05, 0) is 41.6 Å². The van der Waals surface area contributed by atoms with Gasteiger partial charge in [0.05, 0.1) is 28.8 Å². The highest BCUT2D eigenvalue weighted by Crippen LogP contribution is 2.42. The van der Waals surface area contributed by atoms with Crippen molar-refractivity contribution in [3.63, 3.8) is 0 Å². The SMILES string of the molecule is Cc1ccc2c(oc3nc(F)cc(F)c32)c1-c1c2ccc(CC(C)(C)C(F)(F)F)cc2nc[n+]1C. The first-order valence-corrected chi connectivity index (χ1v) is 10.9. The monoisotopic (exact) mass is 486 g/mol. The van der Waals surface area contributed by atoms with E-state index >= 15 is 0 Å². The van der Waals surface area contributed by atoms with Gasteiger partial charge in [-0.2, -0.15) is 22.5 Å². The van der Waals surface area contributed by atoms with Gasteiger partial charge in [-0.1, -0.05) is 32.0 Å². The number of benzene rings is 2. The van der Waals surface area contributed by atoms with E-state index in [4.69, 9.17) is 4.42 Å². The molecule has 0 saturated heterocycles. The highest BCUT2D eigenvalue weighted by atomic mass is 19.4. The molecule has 35 heavy (non-hydrogen) atoms. The van der Waals surface area contributed by atoms with Gasteiger partial charge in [-0.3, -0.25) is 0 Å². The molecule has 0 saturated carbocycles. The van der Waals surface area contributed by atoms with Gasteiger partial charge in [-0.15, -0.1) is 0 Å². The number of alkyl halides is 3. The third-order valence-corrected chi connectivity index (χ3v) is 6.43. The Kier molecular flexibility index (Phi) is 5.09. The van der Waals surface area contributed by atoms with Crippen molar-refractivity contribution in [3.8, 4) is 11.3 Å².